The van der Waals surface area contributed by atoms with Crippen molar-refractivity contribution in [1.82, 2.24) is 5.59 Å². The summed E-state index contributed by atoms with van der Waals surface area (Å²) in [5, 5.41) is 15.7. The molecule has 26 heavy (non-hydrogen) atoms. The second kappa shape index (κ2) is 8.10. The maximum absolute atomic E-state index is 11.6. The number of anilines is 2. The van der Waals surface area contributed by atoms with Gasteiger partial charge < -0.3 is 29.4 Å². The van der Waals surface area contributed by atoms with Crippen LogP contribution >= 0.6 is 0 Å². The molecule has 3 aromatic rings. The Bertz CT molecular complexity index is 846. The third kappa shape index (κ3) is 4.15. The highest BCUT2D eigenvalue weighted by Gasteiger charge is 2.17. The number of nitrogens with two attached hydrogens (primary N) is 1. The molecule has 0 unspecified atom stereocenters. The third-order valence-electron chi connectivity index (χ3n) is 3.59. The molecule has 9 heteroatoms. The van der Waals surface area contributed by atoms with Crippen molar-refractivity contribution in [2.24, 2.45) is 5.84 Å². The Morgan fingerprint density at radius 2 is 1.65 bits per heavy atom. The number of carbonyl (C=O) groups is 1. The van der Waals surface area contributed by atoms with Crippen molar-refractivity contribution in [2.75, 3.05) is 10.6 Å². The van der Waals surface area contributed by atoms with Crippen LogP contribution in [0.4, 0.5) is 11.4 Å². The number of rotatable bonds is 9. The molecule has 6 N–H and O–H groups in total. The van der Waals surface area contributed by atoms with E-state index < -0.39 is 5.97 Å². The summed E-state index contributed by atoms with van der Waals surface area (Å²) in [6.07, 6.45) is 3.12. The first kappa shape index (κ1) is 17.4. The number of benzene rings is 1. The van der Waals surface area contributed by atoms with Gasteiger partial charge in [0.15, 0.2) is 5.75 Å². The Kier molecular flexibility index (Phi) is 5.42. The minimum Gasteiger partial charge on any atom is -0.478 e. The molecule has 136 valence electrons. The number of carboxylic acid groups (broad SMARTS) is 1. The van der Waals surface area contributed by atoms with Crippen molar-refractivity contribution in [1.29, 1.82) is 0 Å². The quantitative estimate of drug-likeness (QED) is 0.289. The fraction of sp³-hybridized carbons (Fsp3) is 0.118. The average molecular weight is 358 g/mol. The van der Waals surface area contributed by atoms with Crippen LogP contribution in [0.5, 0.6) is 5.75 Å². The molecule has 3 rings (SSSR count). The zero-order valence-corrected chi connectivity index (χ0v) is 13.7. The highest BCUT2D eigenvalue weighted by Crippen LogP contribution is 2.32. The van der Waals surface area contributed by atoms with Crippen LogP contribution in [0, 0.1) is 0 Å². The molecule has 0 aliphatic carbocycles. The lowest BCUT2D eigenvalue weighted by atomic mass is 10.1. The standard InChI is InChI=1S/C17H18N4O5/c18-21-26-16-7-13(17(22)23)14(19-9-11-3-1-5-24-11)8-15(16)20-10-12-4-2-6-25-12/h1-8,19-21H,9-10,18H2,(H,22,23). The lowest BCUT2D eigenvalue weighted by Gasteiger charge is -2.16. The highest BCUT2D eigenvalue weighted by molar-refractivity contribution is 5.96. The van der Waals surface area contributed by atoms with Crippen molar-refractivity contribution < 1.29 is 23.6 Å². The van der Waals surface area contributed by atoms with Gasteiger partial charge in [0.2, 0.25) is 0 Å². The topological polar surface area (TPSA) is 135 Å². The maximum atomic E-state index is 11.6. The lowest BCUT2D eigenvalue weighted by molar-refractivity contribution is 0.0697. The van der Waals surface area contributed by atoms with Gasteiger partial charge in [-0.05, 0) is 30.3 Å². The van der Waals surface area contributed by atoms with E-state index in [1.54, 1.807) is 36.8 Å². The molecule has 0 aliphatic rings. The molecule has 1 aromatic carbocycles. The molecule has 0 bridgehead atoms. The van der Waals surface area contributed by atoms with E-state index in [0.717, 1.165) is 0 Å². The molecule has 0 atom stereocenters. The smallest absolute Gasteiger partial charge is 0.337 e. The summed E-state index contributed by atoms with van der Waals surface area (Å²) in [5.41, 5.74) is 3.04. The molecular formula is C17H18N4O5. The van der Waals surface area contributed by atoms with Crippen LogP contribution in [0.2, 0.25) is 0 Å². The van der Waals surface area contributed by atoms with E-state index in [4.69, 9.17) is 19.5 Å². The molecule has 0 spiro atoms. The molecule has 2 aromatic heterocycles. The van der Waals surface area contributed by atoms with E-state index in [-0.39, 0.29) is 11.3 Å². The molecule has 2 heterocycles. The summed E-state index contributed by atoms with van der Waals surface area (Å²) in [6.45, 7) is 0.720. The highest BCUT2D eigenvalue weighted by atomic mass is 16.7. The summed E-state index contributed by atoms with van der Waals surface area (Å²) in [6, 6.07) is 10.1. The average Bonchev–Trinajstić information content (AvgIpc) is 3.33. The van der Waals surface area contributed by atoms with Crippen LogP contribution in [0.25, 0.3) is 0 Å². The normalized spacial score (nSPS) is 10.5. The van der Waals surface area contributed by atoms with E-state index in [1.807, 2.05) is 6.07 Å². The van der Waals surface area contributed by atoms with Gasteiger partial charge in [-0.15, -0.1) is 0 Å². The Balaban J connectivity index is 1.86. The van der Waals surface area contributed by atoms with Crippen molar-refractivity contribution >= 4 is 17.3 Å². The van der Waals surface area contributed by atoms with E-state index in [2.05, 4.69) is 16.2 Å². The van der Waals surface area contributed by atoms with Gasteiger partial charge in [-0.25, -0.2) is 10.6 Å². The summed E-state index contributed by atoms with van der Waals surface area (Å²) in [7, 11) is 0. The minimum atomic E-state index is -1.11. The lowest BCUT2D eigenvalue weighted by Crippen LogP contribution is -2.26. The first-order chi connectivity index (χ1) is 12.7. The molecule has 0 amide bonds. The van der Waals surface area contributed by atoms with Gasteiger partial charge in [-0.2, -0.15) is 0 Å². The molecule has 0 radical (unpaired) electrons. The zero-order valence-electron chi connectivity index (χ0n) is 13.7. The summed E-state index contributed by atoms with van der Waals surface area (Å²) >= 11 is 0. The van der Waals surface area contributed by atoms with Gasteiger partial charge >= 0.3 is 5.97 Å². The van der Waals surface area contributed by atoms with Crippen molar-refractivity contribution in [3.8, 4) is 5.75 Å². The Morgan fingerprint density at radius 3 is 2.15 bits per heavy atom. The molecule has 0 saturated carbocycles. The van der Waals surface area contributed by atoms with Crippen LogP contribution in [0.15, 0.2) is 57.8 Å². The predicted octanol–water partition coefficient (Wildman–Crippen LogP) is 2.55. The van der Waals surface area contributed by atoms with Gasteiger partial charge in [0.25, 0.3) is 0 Å². The number of nitrogens with one attached hydrogen (secondary N) is 3. The van der Waals surface area contributed by atoms with Crippen molar-refractivity contribution in [3.63, 3.8) is 0 Å². The van der Waals surface area contributed by atoms with Crippen molar-refractivity contribution in [2.45, 2.75) is 13.1 Å². The maximum Gasteiger partial charge on any atom is 0.337 e. The van der Waals surface area contributed by atoms with Crippen molar-refractivity contribution in [3.05, 3.63) is 66.0 Å². The Morgan fingerprint density at radius 1 is 1.04 bits per heavy atom. The molecule has 0 saturated heterocycles. The summed E-state index contributed by atoms with van der Waals surface area (Å²) < 4.78 is 10.5. The monoisotopic (exact) mass is 358 g/mol. The number of hydrazine groups is 1. The molecule has 9 nitrogen and oxygen atoms in total. The third-order valence-corrected chi connectivity index (χ3v) is 3.59. The van der Waals surface area contributed by atoms with E-state index in [9.17, 15) is 9.90 Å². The van der Waals surface area contributed by atoms with E-state index in [1.165, 1.54) is 6.07 Å². The Labute approximate surface area is 148 Å². The Hall–Kier alpha value is -3.43. The summed E-state index contributed by atoms with van der Waals surface area (Å²) in [5.74, 6) is 5.73. The summed E-state index contributed by atoms with van der Waals surface area (Å²) in [4.78, 5) is 16.7. The van der Waals surface area contributed by atoms with E-state index >= 15 is 0 Å². The van der Waals surface area contributed by atoms with Crippen LogP contribution in [-0.4, -0.2) is 11.1 Å². The number of hydrogen-bond acceptors (Lipinski definition) is 8. The predicted molar refractivity (Wildman–Crippen MR) is 93.4 cm³/mol. The van der Waals surface area contributed by atoms with Crippen LogP contribution in [0.1, 0.15) is 21.9 Å². The molecule has 0 fully saturated rings. The second-order valence-electron chi connectivity index (χ2n) is 5.28. The van der Waals surface area contributed by atoms with Gasteiger partial charge in [0.1, 0.15) is 11.5 Å². The fourth-order valence-corrected chi connectivity index (χ4v) is 2.38. The van der Waals surface area contributed by atoms with Gasteiger partial charge in [-0.3, -0.25) is 0 Å². The first-order valence-electron chi connectivity index (χ1n) is 7.73. The number of furan rings is 2. The van der Waals surface area contributed by atoms with Gasteiger partial charge in [0, 0.05) is 6.07 Å². The number of aromatic carboxylic acids is 1. The first-order valence-corrected chi connectivity index (χ1v) is 7.73. The fourth-order valence-electron chi connectivity index (χ4n) is 2.38. The van der Waals surface area contributed by atoms with Gasteiger partial charge in [0.05, 0.1) is 42.6 Å². The largest absolute Gasteiger partial charge is 0.478 e. The van der Waals surface area contributed by atoms with Crippen LogP contribution < -0.4 is 26.9 Å². The molecular weight excluding hydrogens is 340 g/mol. The minimum absolute atomic E-state index is 0.0327. The van der Waals surface area contributed by atoms with Gasteiger partial charge in [-0.1, -0.05) is 5.59 Å². The number of carboxylic acids is 1. The van der Waals surface area contributed by atoms with E-state index in [0.29, 0.717) is 36.0 Å². The van der Waals surface area contributed by atoms with Crippen LogP contribution in [0.3, 0.4) is 0 Å². The second-order valence-corrected chi connectivity index (χ2v) is 5.28. The SMILES string of the molecule is NNOc1cc(C(=O)O)c(NCc2ccco2)cc1NCc1ccco1. The molecule has 0 aliphatic heterocycles. The van der Waals surface area contributed by atoms with Crippen LogP contribution in [-0.2, 0) is 13.1 Å². The number of hydrogen-bond donors (Lipinski definition) is 5. The zero-order chi connectivity index (χ0) is 18.4.